The van der Waals surface area contributed by atoms with Crippen LogP contribution >= 0.6 is 7.82 Å². The lowest BCUT2D eigenvalue weighted by molar-refractivity contribution is -0.870. The number of carbonyl (C=O) groups is 2. The summed E-state index contributed by atoms with van der Waals surface area (Å²) in [5.41, 5.74) is 0. The number of phosphoric acid groups is 1. The van der Waals surface area contributed by atoms with Crippen molar-refractivity contribution in [3.63, 3.8) is 0 Å². The number of carbonyl (C=O) groups excluding carboxylic acids is 2. The summed E-state index contributed by atoms with van der Waals surface area (Å²) in [6.45, 7) is 6.91. The van der Waals surface area contributed by atoms with Crippen LogP contribution in [0.1, 0.15) is 239 Å². The number of nitrogens with zero attached hydrogens (tertiary/aromatic N) is 1. The van der Waals surface area contributed by atoms with E-state index in [1.54, 1.807) is 0 Å². The van der Waals surface area contributed by atoms with Gasteiger partial charge in [0, 0.05) is 12.8 Å². The molecular weight excluding hydrogens is 856 g/mol. The number of hydrogen-bond acceptors (Lipinski definition) is 6. The van der Waals surface area contributed by atoms with Gasteiger partial charge in [0.2, 0.25) is 5.91 Å². The molecule has 0 rings (SSSR count). The van der Waals surface area contributed by atoms with E-state index >= 15 is 0 Å². The van der Waals surface area contributed by atoms with E-state index in [2.05, 4.69) is 68.6 Å². The Kier molecular flexibility index (Phi) is 45.8. The van der Waals surface area contributed by atoms with E-state index in [1.165, 1.54) is 128 Å². The van der Waals surface area contributed by atoms with E-state index in [1.807, 2.05) is 39.4 Å². The summed E-state index contributed by atoms with van der Waals surface area (Å²) in [5.74, 6) is -0.597. The molecule has 0 saturated heterocycles. The standard InChI is InChI=1S/C57H105N2O7P/c1-7-10-13-16-19-22-25-28-29-32-35-38-41-44-47-50-57(61)66-55(48-45-42-39-36-33-30-26-23-20-17-14-11-8-2)54(53-65-67(62,63)64-52-51-59(4,5)6)58-56(60)49-46-43-40-37-34-31-27-24-21-18-15-12-9-3/h19,22,25,28,31,34,40,43,45,48,54-55H,7-18,20-21,23-24,26-27,29-30,32-33,35-39,41-42,44,46-47,49-53H2,1-6H3,(H-,58,60,62,63)/p+1/b22-19+,28-25+,34-31-,43-40+,48-45+. The van der Waals surface area contributed by atoms with Gasteiger partial charge in [-0.25, -0.2) is 4.57 Å². The second-order valence-electron chi connectivity index (χ2n) is 19.8. The fraction of sp³-hybridized carbons (Fsp3) is 0.789. The summed E-state index contributed by atoms with van der Waals surface area (Å²) in [5, 5.41) is 3.00. The molecule has 3 atom stereocenters. The predicted molar refractivity (Wildman–Crippen MR) is 286 cm³/mol. The molecule has 67 heavy (non-hydrogen) atoms. The number of amides is 1. The van der Waals surface area contributed by atoms with E-state index in [4.69, 9.17) is 13.8 Å². The summed E-state index contributed by atoms with van der Waals surface area (Å²) in [6, 6.07) is -0.882. The normalized spacial score (nSPS) is 14.3. The lowest BCUT2D eigenvalue weighted by Crippen LogP contribution is -2.47. The van der Waals surface area contributed by atoms with Gasteiger partial charge in [0.1, 0.15) is 19.3 Å². The van der Waals surface area contributed by atoms with Crippen molar-refractivity contribution >= 4 is 19.7 Å². The van der Waals surface area contributed by atoms with E-state index < -0.39 is 20.0 Å². The van der Waals surface area contributed by atoms with Gasteiger partial charge in [0.05, 0.1) is 33.8 Å². The minimum Gasteiger partial charge on any atom is -0.456 e. The van der Waals surface area contributed by atoms with Crippen LogP contribution in [0.5, 0.6) is 0 Å². The molecule has 390 valence electrons. The number of nitrogens with one attached hydrogen (secondary N) is 1. The lowest BCUT2D eigenvalue weighted by atomic mass is 10.0. The zero-order chi connectivity index (χ0) is 49.4. The Morgan fingerprint density at radius 3 is 1.49 bits per heavy atom. The predicted octanol–water partition coefficient (Wildman–Crippen LogP) is 16.3. The number of quaternary nitrogens is 1. The quantitative estimate of drug-likeness (QED) is 0.0156. The summed E-state index contributed by atoms with van der Waals surface area (Å²) in [4.78, 5) is 37.4. The Morgan fingerprint density at radius 1 is 0.537 bits per heavy atom. The fourth-order valence-corrected chi connectivity index (χ4v) is 8.36. The van der Waals surface area contributed by atoms with Crippen molar-refractivity contribution in [1.29, 1.82) is 0 Å². The highest BCUT2D eigenvalue weighted by atomic mass is 31.2. The molecule has 1 amide bonds. The second-order valence-corrected chi connectivity index (χ2v) is 21.2. The van der Waals surface area contributed by atoms with Crippen LogP contribution in [0.15, 0.2) is 60.8 Å². The van der Waals surface area contributed by atoms with Crippen LogP contribution in [0.4, 0.5) is 0 Å². The van der Waals surface area contributed by atoms with Gasteiger partial charge in [-0.2, -0.15) is 0 Å². The van der Waals surface area contributed by atoms with Crippen LogP contribution in [-0.2, 0) is 27.9 Å². The van der Waals surface area contributed by atoms with E-state index in [9.17, 15) is 19.0 Å². The summed E-state index contributed by atoms with van der Waals surface area (Å²) >= 11 is 0. The second kappa shape index (κ2) is 47.4. The number of phosphoric ester groups is 1. The molecule has 0 aliphatic rings. The van der Waals surface area contributed by atoms with Gasteiger partial charge in [-0.3, -0.25) is 18.6 Å². The van der Waals surface area contributed by atoms with Gasteiger partial charge in [0.25, 0.3) is 0 Å². The molecule has 0 aromatic heterocycles. The Hall–Kier alpha value is -2.29. The Morgan fingerprint density at radius 2 is 0.970 bits per heavy atom. The SMILES string of the molecule is CCCCC/C=C/C=C/CCCCCCCCC(=O)OC(/C=C/CCCCCCCCCCCCC)C(COP(=O)(O)OCC[N+](C)(C)C)NC(=O)CC/C=C/C/C=C\CCCCCCCC. The maximum Gasteiger partial charge on any atom is 0.472 e. The maximum atomic E-state index is 13.4. The zero-order valence-electron chi connectivity index (χ0n) is 44.4. The first-order chi connectivity index (χ1) is 32.4. The molecular formula is C57H106N2O7P+. The van der Waals surface area contributed by atoms with Crippen LogP contribution in [0.3, 0.4) is 0 Å². The minimum atomic E-state index is -4.46. The van der Waals surface area contributed by atoms with Crippen molar-refractivity contribution in [3.05, 3.63) is 60.8 Å². The third-order valence-electron chi connectivity index (χ3n) is 12.0. The number of unbranched alkanes of at least 4 members (excludes halogenated alkanes) is 26. The summed E-state index contributed by atoms with van der Waals surface area (Å²) in [6.07, 6.45) is 58.0. The molecule has 0 heterocycles. The van der Waals surface area contributed by atoms with Crippen LogP contribution in [-0.4, -0.2) is 74.3 Å². The maximum absolute atomic E-state index is 13.4. The van der Waals surface area contributed by atoms with E-state index in [0.717, 1.165) is 70.6 Å². The van der Waals surface area contributed by atoms with Crippen LogP contribution in [0.2, 0.25) is 0 Å². The molecule has 9 nitrogen and oxygen atoms in total. The first-order valence-corrected chi connectivity index (χ1v) is 29.1. The van der Waals surface area contributed by atoms with Gasteiger partial charge in [0.15, 0.2) is 0 Å². The summed E-state index contributed by atoms with van der Waals surface area (Å²) in [7, 11) is 1.45. The number of ether oxygens (including phenoxy) is 1. The average Bonchev–Trinajstić information content (AvgIpc) is 3.28. The van der Waals surface area contributed by atoms with Crippen LogP contribution in [0, 0.1) is 0 Å². The largest absolute Gasteiger partial charge is 0.472 e. The Balaban J connectivity index is 5.50. The molecule has 3 unspecified atom stereocenters. The fourth-order valence-electron chi connectivity index (χ4n) is 7.63. The number of rotatable bonds is 49. The molecule has 0 aromatic carbocycles. The Labute approximate surface area is 413 Å². The smallest absolute Gasteiger partial charge is 0.456 e. The monoisotopic (exact) mass is 962 g/mol. The first kappa shape index (κ1) is 64.7. The number of hydrogen-bond donors (Lipinski definition) is 2. The third-order valence-corrected chi connectivity index (χ3v) is 13.0. The molecule has 0 aromatic rings. The topological polar surface area (TPSA) is 111 Å². The Bertz CT molecular complexity index is 1340. The number of allylic oxidation sites excluding steroid dienone is 9. The van der Waals surface area contributed by atoms with Crippen molar-refractivity contribution in [1.82, 2.24) is 5.32 Å². The average molecular weight is 962 g/mol. The molecule has 0 radical (unpaired) electrons. The molecule has 0 fully saturated rings. The van der Waals surface area contributed by atoms with E-state index in [-0.39, 0.29) is 37.9 Å². The zero-order valence-corrected chi connectivity index (χ0v) is 45.3. The van der Waals surface area contributed by atoms with Crippen molar-refractivity contribution in [2.45, 2.75) is 251 Å². The molecule has 0 spiro atoms. The van der Waals surface area contributed by atoms with Crippen molar-refractivity contribution in [3.8, 4) is 0 Å². The van der Waals surface area contributed by atoms with Gasteiger partial charge < -0.3 is 19.4 Å². The molecule has 0 bridgehead atoms. The van der Waals surface area contributed by atoms with Gasteiger partial charge in [-0.05, 0) is 76.7 Å². The molecule has 10 heteroatoms. The third kappa shape index (κ3) is 48.5. The molecule has 0 aliphatic carbocycles. The highest BCUT2D eigenvalue weighted by Gasteiger charge is 2.30. The first-order valence-electron chi connectivity index (χ1n) is 27.6. The molecule has 0 saturated carbocycles. The van der Waals surface area contributed by atoms with Gasteiger partial charge >= 0.3 is 13.8 Å². The summed E-state index contributed by atoms with van der Waals surface area (Å²) < 4.78 is 30.5. The van der Waals surface area contributed by atoms with E-state index in [0.29, 0.717) is 17.4 Å². The number of likely N-dealkylation sites (N-methyl/N-ethyl adjacent to an activating group) is 1. The van der Waals surface area contributed by atoms with Crippen molar-refractivity contribution in [2.24, 2.45) is 0 Å². The molecule has 2 N–H and O–H groups in total. The molecule has 0 aliphatic heterocycles. The van der Waals surface area contributed by atoms with Gasteiger partial charge in [-0.15, -0.1) is 0 Å². The van der Waals surface area contributed by atoms with Crippen LogP contribution < -0.4 is 5.32 Å². The van der Waals surface area contributed by atoms with Crippen molar-refractivity contribution < 1.29 is 37.3 Å². The minimum absolute atomic E-state index is 0.0278. The van der Waals surface area contributed by atoms with Gasteiger partial charge in [-0.1, -0.05) is 210 Å². The highest BCUT2D eigenvalue weighted by Crippen LogP contribution is 2.43. The highest BCUT2D eigenvalue weighted by molar-refractivity contribution is 7.47. The van der Waals surface area contributed by atoms with Crippen LogP contribution in [0.25, 0.3) is 0 Å². The lowest BCUT2D eigenvalue weighted by Gasteiger charge is -2.27. The number of esters is 1. The van der Waals surface area contributed by atoms with Crippen molar-refractivity contribution in [2.75, 3.05) is 40.9 Å².